The lowest BCUT2D eigenvalue weighted by Crippen LogP contribution is -2.07. The van der Waals surface area contributed by atoms with E-state index in [1.807, 2.05) is 26.0 Å². The second-order valence-corrected chi connectivity index (χ2v) is 7.19. The number of alkyl halides is 3. The van der Waals surface area contributed by atoms with Crippen molar-refractivity contribution in [3.8, 4) is 11.5 Å². The summed E-state index contributed by atoms with van der Waals surface area (Å²) in [6.45, 7) is 3.88. The largest absolute Gasteiger partial charge is 0.456 e. The van der Waals surface area contributed by atoms with Gasteiger partial charge in [0.2, 0.25) is 0 Å². The molecule has 0 fully saturated rings. The van der Waals surface area contributed by atoms with Crippen LogP contribution in [0.3, 0.4) is 0 Å². The molecule has 3 aromatic rings. The van der Waals surface area contributed by atoms with Crippen LogP contribution in [0.2, 0.25) is 5.02 Å². The third-order valence-electron chi connectivity index (χ3n) is 4.50. The maximum Gasteiger partial charge on any atom is 0.433 e. The SMILES string of the molecule is CCc1nc(C)nc(CCCc2ccc(Oc3ccc(C(F)(F)F)nc3)cc2)c1Cl. The Balaban J connectivity index is 1.56. The van der Waals surface area contributed by atoms with Gasteiger partial charge in [0.25, 0.3) is 0 Å². The zero-order valence-corrected chi connectivity index (χ0v) is 17.4. The Labute approximate surface area is 178 Å². The second-order valence-electron chi connectivity index (χ2n) is 6.81. The molecule has 0 aliphatic heterocycles. The Kier molecular flexibility index (Phi) is 6.92. The van der Waals surface area contributed by atoms with Crippen LogP contribution in [0.1, 0.15) is 41.8 Å². The van der Waals surface area contributed by atoms with Gasteiger partial charge in [0, 0.05) is 0 Å². The van der Waals surface area contributed by atoms with E-state index >= 15 is 0 Å². The summed E-state index contributed by atoms with van der Waals surface area (Å²) in [5.41, 5.74) is 1.91. The molecule has 0 amide bonds. The van der Waals surface area contributed by atoms with Crippen LogP contribution >= 0.6 is 11.6 Å². The van der Waals surface area contributed by atoms with E-state index in [0.717, 1.165) is 60.7 Å². The molecular weight excluding hydrogens is 415 g/mol. The molecule has 0 aliphatic carbocycles. The lowest BCUT2D eigenvalue weighted by atomic mass is 10.1. The van der Waals surface area contributed by atoms with Crippen molar-refractivity contribution in [1.82, 2.24) is 15.0 Å². The fourth-order valence-corrected chi connectivity index (χ4v) is 3.32. The van der Waals surface area contributed by atoms with E-state index in [9.17, 15) is 13.2 Å². The highest BCUT2D eigenvalue weighted by atomic mass is 35.5. The highest BCUT2D eigenvalue weighted by molar-refractivity contribution is 6.31. The van der Waals surface area contributed by atoms with Crippen molar-refractivity contribution in [1.29, 1.82) is 0 Å². The smallest absolute Gasteiger partial charge is 0.433 e. The summed E-state index contributed by atoms with van der Waals surface area (Å²) >= 11 is 6.39. The lowest BCUT2D eigenvalue weighted by Gasteiger charge is -2.10. The Bertz CT molecular complexity index is 990. The maximum atomic E-state index is 12.6. The van der Waals surface area contributed by atoms with E-state index < -0.39 is 11.9 Å². The Morgan fingerprint density at radius 3 is 2.20 bits per heavy atom. The molecule has 0 saturated carbocycles. The van der Waals surface area contributed by atoms with Gasteiger partial charge in [-0.25, -0.2) is 15.0 Å². The molecule has 0 radical (unpaired) electrons. The molecular formula is C22H21ClF3N3O. The van der Waals surface area contributed by atoms with Crippen molar-refractivity contribution in [2.45, 2.75) is 45.7 Å². The number of aryl methyl sites for hydroxylation is 4. The van der Waals surface area contributed by atoms with Crippen molar-refractivity contribution < 1.29 is 17.9 Å². The van der Waals surface area contributed by atoms with Gasteiger partial charge in [0.05, 0.1) is 22.6 Å². The van der Waals surface area contributed by atoms with Crippen LogP contribution in [-0.2, 0) is 25.4 Å². The van der Waals surface area contributed by atoms with Crippen molar-refractivity contribution in [3.05, 3.63) is 76.1 Å². The van der Waals surface area contributed by atoms with Crippen molar-refractivity contribution in [2.24, 2.45) is 0 Å². The number of ether oxygens (including phenoxy) is 1. The zero-order chi connectivity index (χ0) is 21.7. The molecule has 0 saturated heterocycles. The van der Waals surface area contributed by atoms with Crippen LogP contribution in [-0.4, -0.2) is 15.0 Å². The van der Waals surface area contributed by atoms with Crippen molar-refractivity contribution >= 4 is 11.6 Å². The minimum Gasteiger partial charge on any atom is -0.456 e. The molecule has 30 heavy (non-hydrogen) atoms. The highest BCUT2D eigenvalue weighted by Crippen LogP contribution is 2.29. The van der Waals surface area contributed by atoms with Crippen molar-refractivity contribution in [3.63, 3.8) is 0 Å². The quantitative estimate of drug-likeness (QED) is 0.432. The Morgan fingerprint density at radius 2 is 1.60 bits per heavy atom. The van der Waals surface area contributed by atoms with Gasteiger partial charge in [-0.2, -0.15) is 13.2 Å². The van der Waals surface area contributed by atoms with E-state index in [1.165, 1.54) is 6.07 Å². The number of rotatable bonds is 7. The molecule has 0 spiro atoms. The zero-order valence-electron chi connectivity index (χ0n) is 16.6. The van der Waals surface area contributed by atoms with Gasteiger partial charge < -0.3 is 4.74 Å². The first-order chi connectivity index (χ1) is 14.3. The molecule has 0 atom stereocenters. The van der Waals surface area contributed by atoms with Gasteiger partial charge in [0.15, 0.2) is 0 Å². The molecule has 3 rings (SSSR count). The van der Waals surface area contributed by atoms with Crippen LogP contribution in [0, 0.1) is 6.92 Å². The van der Waals surface area contributed by atoms with Gasteiger partial charge in [-0.05, 0) is 62.4 Å². The molecule has 2 heterocycles. The van der Waals surface area contributed by atoms with E-state index in [4.69, 9.17) is 16.3 Å². The first-order valence-electron chi connectivity index (χ1n) is 9.58. The molecule has 0 N–H and O–H groups in total. The summed E-state index contributed by atoms with van der Waals surface area (Å²) in [5.74, 6) is 1.50. The molecule has 0 bridgehead atoms. The molecule has 158 valence electrons. The predicted molar refractivity (Wildman–Crippen MR) is 109 cm³/mol. The summed E-state index contributed by atoms with van der Waals surface area (Å²) in [5, 5.41) is 0.650. The number of nitrogens with zero attached hydrogens (tertiary/aromatic N) is 3. The van der Waals surface area contributed by atoms with Gasteiger partial charge in [-0.1, -0.05) is 30.7 Å². The fraction of sp³-hybridized carbons (Fsp3) is 0.318. The van der Waals surface area contributed by atoms with Gasteiger partial charge in [-0.3, -0.25) is 0 Å². The summed E-state index contributed by atoms with van der Waals surface area (Å²) in [6, 6.07) is 9.57. The lowest BCUT2D eigenvalue weighted by molar-refractivity contribution is -0.141. The number of hydrogen-bond acceptors (Lipinski definition) is 4. The van der Waals surface area contributed by atoms with Gasteiger partial charge in [-0.15, -0.1) is 0 Å². The Morgan fingerprint density at radius 1 is 0.933 bits per heavy atom. The van der Waals surface area contributed by atoms with Crippen LogP contribution in [0.25, 0.3) is 0 Å². The molecule has 2 aromatic heterocycles. The van der Waals surface area contributed by atoms with Crippen LogP contribution in [0.15, 0.2) is 42.6 Å². The van der Waals surface area contributed by atoms with Crippen LogP contribution < -0.4 is 4.74 Å². The molecule has 0 aliphatic rings. The summed E-state index contributed by atoms with van der Waals surface area (Å²) in [6.07, 6.45) is -0.164. The third kappa shape index (κ3) is 5.69. The molecule has 8 heteroatoms. The minimum atomic E-state index is -4.47. The fourth-order valence-electron chi connectivity index (χ4n) is 3.01. The minimum absolute atomic E-state index is 0.247. The number of hydrogen-bond donors (Lipinski definition) is 0. The third-order valence-corrected chi connectivity index (χ3v) is 4.94. The average Bonchev–Trinajstić information content (AvgIpc) is 2.71. The van der Waals surface area contributed by atoms with Gasteiger partial charge in [0.1, 0.15) is 23.0 Å². The number of benzene rings is 1. The normalized spacial score (nSPS) is 11.5. The van der Waals surface area contributed by atoms with Crippen LogP contribution in [0.5, 0.6) is 11.5 Å². The van der Waals surface area contributed by atoms with E-state index in [-0.39, 0.29) is 5.75 Å². The average molecular weight is 436 g/mol. The standard InChI is InChI=1S/C22H21ClF3N3O/c1-3-18-21(23)19(29-14(2)28-18)6-4-5-15-7-9-16(10-8-15)30-17-11-12-20(27-13-17)22(24,25)26/h7-13H,3-6H2,1-2H3. The first-order valence-corrected chi connectivity index (χ1v) is 9.96. The Hall–Kier alpha value is -2.67. The topological polar surface area (TPSA) is 47.9 Å². The molecule has 1 aromatic carbocycles. The predicted octanol–water partition coefficient (Wildman–Crippen LogP) is 6.38. The number of pyridine rings is 1. The number of aromatic nitrogens is 3. The first kappa shape index (κ1) is 22.0. The summed E-state index contributed by atoms with van der Waals surface area (Å²) < 4.78 is 43.3. The second kappa shape index (κ2) is 9.43. The van der Waals surface area contributed by atoms with Gasteiger partial charge >= 0.3 is 6.18 Å². The van der Waals surface area contributed by atoms with E-state index in [0.29, 0.717) is 10.8 Å². The molecule has 4 nitrogen and oxygen atoms in total. The van der Waals surface area contributed by atoms with E-state index in [2.05, 4.69) is 15.0 Å². The van der Waals surface area contributed by atoms with Crippen LogP contribution in [0.4, 0.5) is 13.2 Å². The van der Waals surface area contributed by atoms with Crippen molar-refractivity contribution in [2.75, 3.05) is 0 Å². The monoisotopic (exact) mass is 435 g/mol. The summed E-state index contributed by atoms with van der Waals surface area (Å²) in [7, 11) is 0. The summed E-state index contributed by atoms with van der Waals surface area (Å²) in [4.78, 5) is 12.2. The number of halogens is 4. The molecule has 0 unspecified atom stereocenters. The van der Waals surface area contributed by atoms with E-state index in [1.54, 1.807) is 12.1 Å². The highest BCUT2D eigenvalue weighted by Gasteiger charge is 2.32. The maximum absolute atomic E-state index is 12.6.